The van der Waals surface area contributed by atoms with Crippen molar-refractivity contribution in [1.29, 1.82) is 0 Å². The summed E-state index contributed by atoms with van der Waals surface area (Å²) in [6.07, 6.45) is 9.65. The van der Waals surface area contributed by atoms with Crippen molar-refractivity contribution in [3.8, 4) is 0 Å². The highest BCUT2D eigenvalue weighted by molar-refractivity contribution is 7.89. The van der Waals surface area contributed by atoms with Gasteiger partial charge in [0.1, 0.15) is 17.3 Å². The smallest absolute Gasteiger partial charge is 0.430 e. The zero-order valence-electron chi connectivity index (χ0n) is 30.4. The summed E-state index contributed by atoms with van der Waals surface area (Å²) in [4.78, 5) is 39.8. The first kappa shape index (κ1) is 37.7. The number of ether oxygens (including phenoxy) is 3. The van der Waals surface area contributed by atoms with Crippen molar-refractivity contribution in [3.05, 3.63) is 0 Å². The minimum Gasteiger partial charge on any atom is -0.460 e. The van der Waals surface area contributed by atoms with Gasteiger partial charge in [-0.3, -0.25) is 0 Å². The van der Waals surface area contributed by atoms with Crippen LogP contribution >= 0.6 is 0 Å². The van der Waals surface area contributed by atoms with Crippen molar-refractivity contribution in [2.45, 2.75) is 181 Å². The average Bonchev–Trinajstić information content (AvgIpc) is 3.29. The Morgan fingerprint density at radius 1 is 0.830 bits per heavy atom. The van der Waals surface area contributed by atoms with Crippen LogP contribution in [0.15, 0.2) is 0 Å². The van der Waals surface area contributed by atoms with Crippen LogP contribution in [0.25, 0.3) is 0 Å². The molecule has 4 aliphatic rings. The molecule has 1 N–H and O–H groups in total. The Kier molecular flexibility index (Phi) is 11.3. The molecule has 0 heterocycles. The maximum absolute atomic E-state index is 14.7. The number of hydrogen-bond acceptors (Lipinski definition) is 8. The van der Waals surface area contributed by atoms with E-state index in [0.29, 0.717) is 12.8 Å². The Hall–Kier alpha value is -2.08. The number of rotatable bonds is 8. The first-order chi connectivity index (χ1) is 21.7. The maximum Gasteiger partial charge on any atom is 0.430 e. The van der Waals surface area contributed by atoms with Crippen LogP contribution in [-0.2, 0) is 29.0 Å². The monoisotopic (exact) mass is 683 g/mol. The Labute approximate surface area is 283 Å². The largest absolute Gasteiger partial charge is 0.460 e. The molecule has 0 aromatic heterocycles. The normalized spacial score (nSPS) is 27.7. The number of sulfonamides is 1. The fraction of sp³-hybridized carbons (Fsp3) is 0.914. The first-order valence-corrected chi connectivity index (χ1v) is 19.5. The third-order valence-corrected chi connectivity index (χ3v) is 13.3. The molecule has 2 amide bonds. The third-order valence-electron chi connectivity index (χ3n) is 11.2. The van der Waals surface area contributed by atoms with E-state index in [1.165, 1.54) is 6.92 Å². The molecule has 11 nitrogen and oxygen atoms in total. The van der Waals surface area contributed by atoms with Gasteiger partial charge in [0.05, 0.1) is 5.75 Å². The number of hydrogen-bond donors (Lipinski definition) is 1. The number of amides is 2. The van der Waals surface area contributed by atoms with Crippen LogP contribution in [0.4, 0.5) is 9.59 Å². The number of fused-ring (bicyclic) bond motifs is 2. The molecule has 12 heteroatoms. The lowest BCUT2D eigenvalue weighted by Gasteiger charge is -2.46. The summed E-state index contributed by atoms with van der Waals surface area (Å²) in [7, 11) is -3.71. The van der Waals surface area contributed by atoms with Crippen LogP contribution < -0.4 is 5.43 Å². The fourth-order valence-corrected chi connectivity index (χ4v) is 11.5. The molecule has 4 atom stereocenters. The van der Waals surface area contributed by atoms with Crippen LogP contribution in [0.2, 0.25) is 0 Å². The van der Waals surface area contributed by atoms with E-state index >= 15 is 0 Å². The lowest BCUT2D eigenvalue weighted by Crippen LogP contribution is -2.57. The summed E-state index contributed by atoms with van der Waals surface area (Å²) in [6.45, 7) is 15.8. The highest BCUT2D eigenvalue weighted by Crippen LogP contribution is 2.67. The molecule has 4 rings (SSSR count). The van der Waals surface area contributed by atoms with Gasteiger partial charge in [0.15, 0.2) is 6.04 Å². The second kappa shape index (κ2) is 14.0. The summed E-state index contributed by atoms with van der Waals surface area (Å²) in [5.74, 6) is -0.603. The van der Waals surface area contributed by atoms with E-state index in [1.54, 1.807) is 41.5 Å². The molecular weight excluding hydrogens is 622 g/mol. The Morgan fingerprint density at radius 3 is 1.81 bits per heavy atom. The quantitative estimate of drug-likeness (QED) is 0.163. The lowest BCUT2D eigenvalue weighted by molar-refractivity contribution is -0.163. The molecule has 0 spiro atoms. The highest BCUT2D eigenvalue weighted by Gasteiger charge is 2.67. The molecule has 47 heavy (non-hydrogen) atoms. The summed E-state index contributed by atoms with van der Waals surface area (Å²) in [6, 6.07) is -1.22. The van der Waals surface area contributed by atoms with Crippen molar-refractivity contribution in [1.82, 2.24) is 14.7 Å². The molecule has 0 aromatic rings. The molecule has 0 radical (unpaired) electrons. The highest BCUT2D eigenvalue weighted by atomic mass is 32.2. The van der Waals surface area contributed by atoms with Gasteiger partial charge in [-0.1, -0.05) is 52.4 Å². The van der Waals surface area contributed by atoms with Gasteiger partial charge in [-0.15, -0.1) is 0 Å². The zero-order chi connectivity index (χ0) is 35.0. The van der Waals surface area contributed by atoms with Crippen molar-refractivity contribution in [3.63, 3.8) is 0 Å². The summed E-state index contributed by atoms with van der Waals surface area (Å²) in [5, 5.41) is 0.803. The topological polar surface area (TPSA) is 132 Å². The molecular formula is C35H61N3O8S. The predicted octanol–water partition coefficient (Wildman–Crippen LogP) is 7.09. The summed E-state index contributed by atoms with van der Waals surface area (Å²) >= 11 is 0. The Morgan fingerprint density at radius 2 is 1.34 bits per heavy atom. The van der Waals surface area contributed by atoms with Crippen molar-refractivity contribution >= 4 is 28.2 Å². The van der Waals surface area contributed by atoms with Crippen LogP contribution in [0.5, 0.6) is 0 Å². The standard InChI is InChI=1S/C35H61N3O8S/c1-24(37(31(41)46-33(5,6)7)36-30(40)45-32(2,3)4)29(39)44-28-22-25-20-21-35(28,34(25,8)9)23-47(42,43)38(26-16-12-10-13-17-26)27-18-14-11-15-19-27/h24-28H,10-23H2,1-9H3,(H,36,40)/t24-,25+,28+,35+/m0/s1. The number of nitrogens with one attached hydrogen (secondary N) is 1. The number of carbonyl (C=O) groups is 3. The van der Waals surface area contributed by atoms with E-state index < -0.39 is 56.9 Å². The maximum atomic E-state index is 14.7. The molecule has 270 valence electrons. The van der Waals surface area contributed by atoms with Gasteiger partial charge in [0, 0.05) is 17.5 Å². The van der Waals surface area contributed by atoms with Gasteiger partial charge >= 0.3 is 18.2 Å². The zero-order valence-corrected chi connectivity index (χ0v) is 31.2. The predicted molar refractivity (Wildman–Crippen MR) is 180 cm³/mol. The average molecular weight is 684 g/mol. The minimum atomic E-state index is -3.71. The third kappa shape index (κ3) is 8.57. The molecule has 0 aliphatic heterocycles. The van der Waals surface area contributed by atoms with Gasteiger partial charge in [-0.05, 0) is 105 Å². The van der Waals surface area contributed by atoms with Gasteiger partial charge in [0.2, 0.25) is 10.0 Å². The summed E-state index contributed by atoms with van der Waals surface area (Å²) in [5.41, 5.74) is -0.513. The van der Waals surface area contributed by atoms with Gasteiger partial charge < -0.3 is 14.2 Å². The molecule has 0 aromatic carbocycles. The molecule has 4 aliphatic carbocycles. The van der Waals surface area contributed by atoms with Crippen LogP contribution in [0.1, 0.15) is 146 Å². The molecule has 0 unspecified atom stereocenters. The number of carbonyl (C=O) groups excluding carboxylic acids is 3. The lowest BCUT2D eigenvalue weighted by atomic mass is 9.69. The van der Waals surface area contributed by atoms with Crippen molar-refractivity contribution < 1.29 is 37.0 Å². The summed E-state index contributed by atoms with van der Waals surface area (Å²) < 4.78 is 48.5. The molecule has 4 fully saturated rings. The van der Waals surface area contributed by atoms with Crippen LogP contribution in [0, 0.1) is 16.7 Å². The first-order valence-electron chi connectivity index (χ1n) is 17.9. The number of hydrazine groups is 1. The number of esters is 1. The SMILES string of the molecule is C[C@@H](C(=O)O[C@@H]1C[C@H]2CC[C@]1(CS(=O)(=O)N(C1CCCCC1)C1CCCCC1)C2(C)C)N(NC(=O)OC(C)(C)C)C(=O)OC(C)(C)C. The van der Waals surface area contributed by atoms with Crippen LogP contribution in [-0.4, -0.2) is 77.1 Å². The van der Waals surface area contributed by atoms with E-state index in [9.17, 15) is 22.8 Å². The van der Waals surface area contributed by atoms with E-state index in [0.717, 1.165) is 75.6 Å². The minimum absolute atomic E-state index is 0.0253. The molecule has 2 bridgehead atoms. The van der Waals surface area contributed by atoms with E-state index in [2.05, 4.69) is 19.3 Å². The van der Waals surface area contributed by atoms with Crippen molar-refractivity contribution in [2.24, 2.45) is 16.7 Å². The molecule has 0 saturated heterocycles. The van der Waals surface area contributed by atoms with E-state index in [4.69, 9.17) is 14.2 Å². The number of nitrogens with zero attached hydrogens (tertiary/aromatic N) is 2. The van der Waals surface area contributed by atoms with Gasteiger partial charge in [0.25, 0.3) is 0 Å². The van der Waals surface area contributed by atoms with Gasteiger partial charge in [-0.25, -0.2) is 33.2 Å². The molecule has 4 saturated carbocycles. The van der Waals surface area contributed by atoms with Crippen molar-refractivity contribution in [2.75, 3.05) is 5.75 Å². The second-order valence-corrected chi connectivity index (χ2v) is 19.0. The van der Waals surface area contributed by atoms with Crippen LogP contribution in [0.3, 0.4) is 0 Å². The van der Waals surface area contributed by atoms with E-state index in [1.807, 2.05) is 4.31 Å². The Balaban J connectivity index is 1.60. The fourth-order valence-electron chi connectivity index (χ4n) is 8.68. The van der Waals surface area contributed by atoms with E-state index in [-0.39, 0.29) is 29.2 Å². The Bertz CT molecular complexity index is 1230. The van der Waals surface area contributed by atoms with Gasteiger partial charge in [-0.2, -0.15) is 4.31 Å². The second-order valence-electron chi connectivity index (χ2n) is 17.1.